The molecule has 3 heteroatoms. The molecule has 84 valence electrons. The van der Waals surface area contributed by atoms with Crippen LogP contribution < -0.4 is 5.73 Å². The monoisotopic (exact) mass is 295 g/mol. The van der Waals surface area contributed by atoms with Crippen LogP contribution in [-0.2, 0) is 0 Å². The summed E-state index contributed by atoms with van der Waals surface area (Å²) in [6, 6.07) is 8.50. The van der Waals surface area contributed by atoms with Crippen molar-refractivity contribution in [3.63, 3.8) is 0 Å². The molecule has 0 aliphatic rings. The van der Waals surface area contributed by atoms with E-state index in [2.05, 4.69) is 59.4 Å². The highest BCUT2D eigenvalue weighted by atomic mass is 79.9. The van der Waals surface area contributed by atoms with E-state index in [9.17, 15) is 0 Å². The number of nitrogens with two attached hydrogens (primary N) is 1. The Kier molecular flexibility index (Phi) is 3.47. The van der Waals surface area contributed by atoms with Gasteiger partial charge in [0.15, 0.2) is 0 Å². The zero-order valence-corrected chi connectivity index (χ0v) is 11.7. The fourth-order valence-electron chi connectivity index (χ4n) is 1.82. The van der Waals surface area contributed by atoms with Gasteiger partial charge in [-0.1, -0.05) is 23.8 Å². The first kappa shape index (κ1) is 11.8. The smallest absolute Gasteiger partial charge is 0.0648 e. The molecule has 0 bridgehead atoms. The molecule has 16 heavy (non-hydrogen) atoms. The van der Waals surface area contributed by atoms with Gasteiger partial charge >= 0.3 is 0 Å². The Hall–Kier alpha value is -0.640. The SMILES string of the molecule is Cc1ccc(C(N)c2cc(Br)cs2)c(C)c1. The highest BCUT2D eigenvalue weighted by Crippen LogP contribution is 2.30. The molecule has 0 saturated heterocycles. The van der Waals surface area contributed by atoms with E-state index >= 15 is 0 Å². The van der Waals surface area contributed by atoms with Gasteiger partial charge in [-0.3, -0.25) is 0 Å². The van der Waals surface area contributed by atoms with Gasteiger partial charge in [0.05, 0.1) is 6.04 Å². The molecule has 1 aromatic heterocycles. The van der Waals surface area contributed by atoms with Crippen LogP contribution in [0.5, 0.6) is 0 Å². The van der Waals surface area contributed by atoms with Gasteiger partial charge in [0, 0.05) is 14.7 Å². The molecule has 1 atom stereocenters. The molecule has 2 rings (SSSR count). The zero-order valence-electron chi connectivity index (χ0n) is 9.33. The van der Waals surface area contributed by atoms with Crippen LogP contribution in [0.25, 0.3) is 0 Å². The van der Waals surface area contributed by atoms with Crippen LogP contribution in [0.1, 0.15) is 27.6 Å². The lowest BCUT2D eigenvalue weighted by molar-refractivity contribution is 0.881. The minimum Gasteiger partial charge on any atom is -0.320 e. The van der Waals surface area contributed by atoms with Crippen molar-refractivity contribution in [3.05, 3.63) is 55.7 Å². The fraction of sp³-hybridized carbons (Fsp3) is 0.231. The molecule has 0 fully saturated rings. The second kappa shape index (κ2) is 4.70. The van der Waals surface area contributed by atoms with E-state index in [1.807, 2.05) is 0 Å². The minimum absolute atomic E-state index is 0.0168. The average molecular weight is 296 g/mol. The van der Waals surface area contributed by atoms with Crippen LogP contribution in [0.2, 0.25) is 0 Å². The van der Waals surface area contributed by atoms with Gasteiger partial charge in [-0.2, -0.15) is 0 Å². The Balaban J connectivity index is 2.37. The number of rotatable bonds is 2. The van der Waals surface area contributed by atoms with Gasteiger partial charge < -0.3 is 5.73 Å². The van der Waals surface area contributed by atoms with E-state index < -0.39 is 0 Å². The second-order valence-corrected chi connectivity index (χ2v) is 5.86. The van der Waals surface area contributed by atoms with Gasteiger partial charge in [0.2, 0.25) is 0 Å². The largest absolute Gasteiger partial charge is 0.320 e. The molecule has 1 unspecified atom stereocenters. The molecule has 0 radical (unpaired) electrons. The Morgan fingerprint density at radius 3 is 2.56 bits per heavy atom. The standard InChI is InChI=1S/C13H14BrNS/c1-8-3-4-11(9(2)5-8)13(15)12-6-10(14)7-16-12/h3-7,13H,15H2,1-2H3. The quantitative estimate of drug-likeness (QED) is 0.884. The summed E-state index contributed by atoms with van der Waals surface area (Å²) in [6.45, 7) is 4.22. The summed E-state index contributed by atoms with van der Waals surface area (Å²) in [4.78, 5) is 1.19. The molecule has 0 amide bonds. The molecule has 1 aromatic carbocycles. The predicted octanol–water partition coefficient (Wildman–Crippen LogP) is 4.18. The molecular weight excluding hydrogens is 282 g/mol. The maximum absolute atomic E-state index is 6.27. The van der Waals surface area contributed by atoms with Gasteiger partial charge in [-0.05, 0) is 47.0 Å². The Morgan fingerprint density at radius 2 is 2.00 bits per heavy atom. The number of thiophene rings is 1. The zero-order chi connectivity index (χ0) is 11.7. The van der Waals surface area contributed by atoms with Crippen LogP contribution >= 0.6 is 27.3 Å². The summed E-state index contributed by atoms with van der Waals surface area (Å²) in [5.74, 6) is 0. The summed E-state index contributed by atoms with van der Waals surface area (Å²) in [6.07, 6.45) is 0. The lowest BCUT2D eigenvalue weighted by Crippen LogP contribution is -2.11. The normalized spacial score (nSPS) is 12.8. The molecular formula is C13H14BrNS. The van der Waals surface area contributed by atoms with Gasteiger partial charge in [-0.15, -0.1) is 11.3 Å². The van der Waals surface area contributed by atoms with E-state index in [1.165, 1.54) is 21.6 Å². The number of benzene rings is 1. The number of hydrogen-bond donors (Lipinski definition) is 1. The van der Waals surface area contributed by atoms with Crippen LogP contribution in [0, 0.1) is 13.8 Å². The van der Waals surface area contributed by atoms with Crippen molar-refractivity contribution in [3.8, 4) is 0 Å². The van der Waals surface area contributed by atoms with Crippen molar-refractivity contribution in [1.29, 1.82) is 0 Å². The van der Waals surface area contributed by atoms with E-state index in [4.69, 9.17) is 5.73 Å². The van der Waals surface area contributed by atoms with Crippen molar-refractivity contribution < 1.29 is 0 Å². The Bertz CT molecular complexity index is 504. The predicted molar refractivity (Wildman–Crippen MR) is 74.0 cm³/mol. The van der Waals surface area contributed by atoms with Crippen molar-refractivity contribution in [2.75, 3.05) is 0 Å². The number of hydrogen-bond acceptors (Lipinski definition) is 2. The van der Waals surface area contributed by atoms with E-state index in [-0.39, 0.29) is 6.04 Å². The first-order chi connectivity index (χ1) is 7.58. The number of aryl methyl sites for hydroxylation is 2. The fourth-order valence-corrected chi connectivity index (χ4v) is 3.28. The van der Waals surface area contributed by atoms with E-state index in [1.54, 1.807) is 11.3 Å². The van der Waals surface area contributed by atoms with Crippen LogP contribution in [0.15, 0.2) is 34.1 Å². The molecule has 2 aromatic rings. The maximum atomic E-state index is 6.27. The summed E-state index contributed by atoms with van der Waals surface area (Å²) in [5, 5.41) is 2.07. The third-order valence-corrected chi connectivity index (χ3v) is 4.43. The average Bonchev–Trinajstić information content (AvgIpc) is 2.64. The molecule has 1 heterocycles. The van der Waals surface area contributed by atoms with Gasteiger partial charge in [-0.25, -0.2) is 0 Å². The first-order valence-corrected chi connectivity index (χ1v) is 6.82. The van der Waals surface area contributed by atoms with Crippen LogP contribution in [0.4, 0.5) is 0 Å². The highest BCUT2D eigenvalue weighted by Gasteiger charge is 2.13. The van der Waals surface area contributed by atoms with Gasteiger partial charge in [0.25, 0.3) is 0 Å². The Morgan fingerprint density at radius 1 is 1.25 bits per heavy atom. The maximum Gasteiger partial charge on any atom is 0.0648 e. The third kappa shape index (κ3) is 2.37. The van der Waals surface area contributed by atoms with Crippen molar-refractivity contribution in [2.45, 2.75) is 19.9 Å². The molecule has 2 N–H and O–H groups in total. The lowest BCUT2D eigenvalue weighted by Gasteiger charge is -2.13. The summed E-state index contributed by atoms with van der Waals surface area (Å²) >= 11 is 5.15. The Labute approximate surface area is 108 Å². The topological polar surface area (TPSA) is 26.0 Å². The van der Waals surface area contributed by atoms with Crippen molar-refractivity contribution in [1.82, 2.24) is 0 Å². The van der Waals surface area contributed by atoms with E-state index in [0.29, 0.717) is 0 Å². The lowest BCUT2D eigenvalue weighted by atomic mass is 9.99. The van der Waals surface area contributed by atoms with Crippen LogP contribution in [-0.4, -0.2) is 0 Å². The number of halogens is 1. The summed E-state index contributed by atoms with van der Waals surface area (Å²) < 4.78 is 1.10. The highest BCUT2D eigenvalue weighted by molar-refractivity contribution is 9.10. The minimum atomic E-state index is -0.0168. The first-order valence-electron chi connectivity index (χ1n) is 5.14. The van der Waals surface area contributed by atoms with Crippen molar-refractivity contribution >= 4 is 27.3 Å². The molecule has 0 aliphatic heterocycles. The summed E-state index contributed by atoms with van der Waals surface area (Å²) in [5.41, 5.74) is 10.0. The molecule has 1 nitrogen and oxygen atoms in total. The second-order valence-electron chi connectivity index (χ2n) is 4.01. The molecule has 0 aliphatic carbocycles. The molecule has 0 saturated carbocycles. The van der Waals surface area contributed by atoms with Crippen molar-refractivity contribution in [2.24, 2.45) is 5.73 Å². The van der Waals surface area contributed by atoms with Gasteiger partial charge in [0.1, 0.15) is 0 Å². The van der Waals surface area contributed by atoms with Crippen LogP contribution in [0.3, 0.4) is 0 Å². The van der Waals surface area contributed by atoms with E-state index in [0.717, 1.165) is 4.47 Å². The molecule has 0 spiro atoms. The third-order valence-electron chi connectivity index (χ3n) is 2.65. The summed E-state index contributed by atoms with van der Waals surface area (Å²) in [7, 11) is 0.